The van der Waals surface area contributed by atoms with Gasteiger partial charge in [0.15, 0.2) is 0 Å². The molecule has 9 heteroatoms. The molecular formula is C9H11N5O3S. The molecule has 1 saturated heterocycles. The summed E-state index contributed by atoms with van der Waals surface area (Å²) < 4.78 is 0. The van der Waals surface area contributed by atoms with E-state index < -0.39 is 17.7 Å². The molecule has 0 unspecified atom stereocenters. The molecule has 1 aromatic heterocycles. The summed E-state index contributed by atoms with van der Waals surface area (Å²) in [7, 11) is 0. The third-order valence-corrected chi connectivity index (χ3v) is 3.04. The molecule has 0 radical (unpaired) electrons. The molecular weight excluding hydrogens is 258 g/mol. The van der Waals surface area contributed by atoms with Crippen molar-refractivity contribution < 1.29 is 14.4 Å². The standard InChI is InChI=1S/C9H11N5O3S/c1-2-10-9-13-12-7(18-9)8(17)14-3-5(15)11-6(16)4-14/h2-4H2,1H3,(H,10,13)(H,11,15,16). The van der Waals surface area contributed by atoms with Gasteiger partial charge < -0.3 is 10.2 Å². The molecule has 0 saturated carbocycles. The molecule has 3 amide bonds. The molecule has 0 spiro atoms. The Morgan fingerprint density at radius 1 is 1.39 bits per heavy atom. The SMILES string of the molecule is CCNc1nnc(C(=O)N2CC(=O)NC(=O)C2)s1. The number of nitrogens with one attached hydrogen (secondary N) is 2. The van der Waals surface area contributed by atoms with Crippen LogP contribution in [0.2, 0.25) is 0 Å². The van der Waals surface area contributed by atoms with Gasteiger partial charge in [-0.3, -0.25) is 19.7 Å². The number of imide groups is 1. The van der Waals surface area contributed by atoms with Gasteiger partial charge in [-0.05, 0) is 6.92 Å². The van der Waals surface area contributed by atoms with Crippen molar-refractivity contribution in [3.63, 3.8) is 0 Å². The van der Waals surface area contributed by atoms with Crippen LogP contribution in [0.5, 0.6) is 0 Å². The Kier molecular flexibility index (Phi) is 3.51. The van der Waals surface area contributed by atoms with Crippen LogP contribution in [0.3, 0.4) is 0 Å². The molecule has 2 N–H and O–H groups in total. The van der Waals surface area contributed by atoms with Gasteiger partial charge in [0, 0.05) is 6.54 Å². The summed E-state index contributed by atoms with van der Waals surface area (Å²) in [5, 5.41) is 13.3. The molecule has 1 aliphatic rings. The van der Waals surface area contributed by atoms with Crippen molar-refractivity contribution in [2.24, 2.45) is 0 Å². The number of hydrogen-bond donors (Lipinski definition) is 2. The van der Waals surface area contributed by atoms with E-state index in [-0.39, 0.29) is 18.1 Å². The van der Waals surface area contributed by atoms with Crippen molar-refractivity contribution in [2.75, 3.05) is 25.0 Å². The Balaban J connectivity index is 2.09. The molecule has 0 aliphatic carbocycles. The third-order valence-electron chi connectivity index (χ3n) is 2.17. The first-order valence-corrected chi connectivity index (χ1v) is 6.11. The molecule has 0 atom stereocenters. The van der Waals surface area contributed by atoms with Gasteiger partial charge in [-0.25, -0.2) is 0 Å². The first-order valence-electron chi connectivity index (χ1n) is 5.29. The second-order valence-corrected chi connectivity index (χ2v) is 4.55. The van der Waals surface area contributed by atoms with Crippen LogP contribution in [0.4, 0.5) is 5.13 Å². The second-order valence-electron chi connectivity index (χ2n) is 3.58. The van der Waals surface area contributed by atoms with Crippen LogP contribution < -0.4 is 10.6 Å². The van der Waals surface area contributed by atoms with Crippen molar-refractivity contribution in [3.05, 3.63) is 5.01 Å². The maximum atomic E-state index is 12.0. The molecule has 1 aliphatic heterocycles. The van der Waals surface area contributed by atoms with E-state index in [2.05, 4.69) is 20.8 Å². The largest absolute Gasteiger partial charge is 0.360 e. The Morgan fingerprint density at radius 3 is 2.67 bits per heavy atom. The monoisotopic (exact) mass is 269 g/mol. The number of piperazine rings is 1. The number of hydrogen-bond acceptors (Lipinski definition) is 7. The van der Waals surface area contributed by atoms with E-state index >= 15 is 0 Å². The highest BCUT2D eigenvalue weighted by atomic mass is 32.1. The minimum Gasteiger partial charge on any atom is -0.360 e. The van der Waals surface area contributed by atoms with Crippen LogP contribution in [0.25, 0.3) is 0 Å². The molecule has 8 nitrogen and oxygen atoms in total. The van der Waals surface area contributed by atoms with Gasteiger partial charge in [-0.2, -0.15) is 0 Å². The molecule has 0 bridgehead atoms. The number of amides is 3. The summed E-state index contributed by atoms with van der Waals surface area (Å²) in [6.07, 6.45) is 0. The first-order chi connectivity index (χ1) is 8.60. The average molecular weight is 269 g/mol. The van der Waals surface area contributed by atoms with E-state index in [1.54, 1.807) is 0 Å². The number of anilines is 1. The lowest BCUT2D eigenvalue weighted by Crippen LogP contribution is -2.53. The van der Waals surface area contributed by atoms with Gasteiger partial charge >= 0.3 is 0 Å². The van der Waals surface area contributed by atoms with Crippen LogP contribution in [-0.2, 0) is 9.59 Å². The van der Waals surface area contributed by atoms with E-state index in [9.17, 15) is 14.4 Å². The quantitative estimate of drug-likeness (QED) is 0.687. The first kappa shape index (κ1) is 12.4. The minimum atomic E-state index is -0.490. The zero-order chi connectivity index (χ0) is 13.1. The van der Waals surface area contributed by atoms with Crippen molar-refractivity contribution in [2.45, 2.75) is 6.92 Å². The summed E-state index contributed by atoms with van der Waals surface area (Å²) >= 11 is 1.09. The lowest BCUT2D eigenvalue weighted by Gasteiger charge is -2.24. The topological polar surface area (TPSA) is 104 Å². The molecule has 1 fully saturated rings. The maximum absolute atomic E-state index is 12.0. The van der Waals surface area contributed by atoms with E-state index in [0.717, 1.165) is 16.2 Å². The van der Waals surface area contributed by atoms with Gasteiger partial charge in [-0.1, -0.05) is 11.3 Å². The smallest absolute Gasteiger partial charge is 0.285 e. The Morgan fingerprint density at radius 2 is 2.06 bits per heavy atom. The van der Waals surface area contributed by atoms with E-state index in [1.807, 2.05) is 6.92 Å². The normalized spacial score (nSPS) is 15.5. The van der Waals surface area contributed by atoms with Crippen LogP contribution in [-0.4, -0.2) is 52.5 Å². The Bertz CT molecular complexity index is 484. The maximum Gasteiger partial charge on any atom is 0.285 e. The van der Waals surface area contributed by atoms with Gasteiger partial charge in [-0.15, -0.1) is 10.2 Å². The van der Waals surface area contributed by atoms with Crippen molar-refractivity contribution in [1.82, 2.24) is 20.4 Å². The highest BCUT2D eigenvalue weighted by molar-refractivity contribution is 7.17. The second kappa shape index (κ2) is 5.08. The fraction of sp³-hybridized carbons (Fsp3) is 0.444. The van der Waals surface area contributed by atoms with Crippen molar-refractivity contribution in [3.8, 4) is 0 Å². The predicted molar refractivity (Wildman–Crippen MR) is 63.1 cm³/mol. The summed E-state index contributed by atoms with van der Waals surface area (Å²) in [5.41, 5.74) is 0. The lowest BCUT2D eigenvalue weighted by atomic mass is 10.3. The van der Waals surface area contributed by atoms with Crippen LogP contribution in [0.1, 0.15) is 16.7 Å². The summed E-state index contributed by atoms with van der Waals surface area (Å²) in [6, 6.07) is 0. The number of rotatable bonds is 3. The van der Waals surface area contributed by atoms with Gasteiger partial charge in [0.1, 0.15) is 13.1 Å². The van der Waals surface area contributed by atoms with Crippen molar-refractivity contribution in [1.29, 1.82) is 0 Å². The zero-order valence-electron chi connectivity index (χ0n) is 9.60. The number of aromatic nitrogens is 2. The minimum absolute atomic E-state index is 0.138. The number of carbonyl (C=O) groups is 3. The number of carbonyl (C=O) groups excluding carboxylic acids is 3. The van der Waals surface area contributed by atoms with Crippen LogP contribution in [0, 0.1) is 0 Å². The van der Waals surface area contributed by atoms with Gasteiger partial charge in [0.2, 0.25) is 22.0 Å². The van der Waals surface area contributed by atoms with Crippen molar-refractivity contribution >= 4 is 34.2 Å². The molecule has 96 valence electrons. The highest BCUT2D eigenvalue weighted by Crippen LogP contribution is 2.17. The summed E-state index contributed by atoms with van der Waals surface area (Å²) in [5.74, 6) is -1.44. The van der Waals surface area contributed by atoms with Gasteiger partial charge in [0.05, 0.1) is 0 Å². The molecule has 2 heterocycles. The van der Waals surface area contributed by atoms with Crippen LogP contribution >= 0.6 is 11.3 Å². The van der Waals surface area contributed by atoms with Gasteiger partial charge in [0.25, 0.3) is 5.91 Å². The number of nitrogens with zero attached hydrogens (tertiary/aromatic N) is 3. The van der Waals surface area contributed by atoms with E-state index in [1.165, 1.54) is 0 Å². The molecule has 0 aromatic carbocycles. The van der Waals surface area contributed by atoms with E-state index in [4.69, 9.17) is 0 Å². The predicted octanol–water partition coefficient (Wildman–Crippen LogP) is -0.931. The average Bonchev–Trinajstić information content (AvgIpc) is 2.76. The summed E-state index contributed by atoms with van der Waals surface area (Å²) in [4.78, 5) is 35.4. The Labute approximate surface area is 106 Å². The third kappa shape index (κ3) is 2.62. The highest BCUT2D eigenvalue weighted by Gasteiger charge is 2.29. The van der Waals surface area contributed by atoms with E-state index in [0.29, 0.717) is 11.7 Å². The molecule has 18 heavy (non-hydrogen) atoms. The Hall–Kier alpha value is -2.03. The van der Waals surface area contributed by atoms with Crippen LogP contribution in [0.15, 0.2) is 0 Å². The molecule has 2 rings (SSSR count). The lowest BCUT2D eigenvalue weighted by molar-refractivity contribution is -0.135. The fourth-order valence-electron chi connectivity index (χ4n) is 1.45. The summed E-state index contributed by atoms with van der Waals surface area (Å²) in [6.45, 7) is 2.30. The fourth-order valence-corrected chi connectivity index (χ4v) is 2.23. The zero-order valence-corrected chi connectivity index (χ0v) is 10.4. The molecule has 1 aromatic rings.